The minimum absolute atomic E-state index is 0.144. The molecular formula is C6H7O2. The van der Waals surface area contributed by atoms with Gasteiger partial charge in [-0.2, -0.15) is 0 Å². The maximum absolute atomic E-state index is 10.2. The molecule has 0 atom stereocenters. The second kappa shape index (κ2) is 4.12. The Hall–Kier alpha value is -1.05. The van der Waals surface area contributed by atoms with Crippen molar-refractivity contribution in [3.63, 3.8) is 0 Å². The smallest absolute Gasteiger partial charge is 0.330 e. The third kappa shape index (κ3) is 3.15. The number of ether oxygens (including phenoxy) is 1. The molecule has 0 rings (SSSR count). The van der Waals surface area contributed by atoms with Crippen LogP contribution in [0.3, 0.4) is 0 Å². The summed E-state index contributed by atoms with van der Waals surface area (Å²) >= 11 is 0. The summed E-state index contributed by atoms with van der Waals surface area (Å²) in [6, 6.07) is 0. The zero-order chi connectivity index (χ0) is 6.41. The van der Waals surface area contributed by atoms with Gasteiger partial charge >= 0.3 is 5.97 Å². The molecule has 0 saturated carbocycles. The van der Waals surface area contributed by atoms with E-state index in [1.165, 1.54) is 6.08 Å². The molecule has 0 bridgehead atoms. The van der Waals surface area contributed by atoms with Crippen molar-refractivity contribution >= 4 is 5.97 Å². The lowest BCUT2D eigenvalue weighted by atomic mass is 10.6. The second-order valence-corrected chi connectivity index (χ2v) is 1.07. The molecule has 8 heavy (non-hydrogen) atoms. The number of carbonyl (C=O) groups excluding carboxylic acids is 1. The van der Waals surface area contributed by atoms with Crippen LogP contribution in [0.25, 0.3) is 0 Å². The SMILES string of the molecule is [CH]=CCOC(=O)C=C. The number of rotatable bonds is 3. The van der Waals surface area contributed by atoms with Crippen LogP contribution in [0.4, 0.5) is 0 Å². The van der Waals surface area contributed by atoms with Crippen molar-refractivity contribution in [3.05, 3.63) is 25.3 Å². The Balaban J connectivity index is 3.24. The molecule has 0 spiro atoms. The molecule has 0 aromatic heterocycles. The fraction of sp³-hybridized carbons (Fsp3) is 0.167. The maximum Gasteiger partial charge on any atom is 0.330 e. The molecular weight excluding hydrogens is 104 g/mol. The van der Waals surface area contributed by atoms with E-state index in [0.29, 0.717) is 0 Å². The summed E-state index contributed by atoms with van der Waals surface area (Å²) in [7, 11) is 0. The van der Waals surface area contributed by atoms with Gasteiger partial charge in [0.2, 0.25) is 0 Å². The predicted octanol–water partition coefficient (Wildman–Crippen LogP) is 0.705. The second-order valence-electron chi connectivity index (χ2n) is 1.07. The first-order chi connectivity index (χ1) is 3.81. The molecule has 0 unspecified atom stereocenters. The summed E-state index contributed by atoms with van der Waals surface area (Å²) in [6.45, 7) is 8.22. The van der Waals surface area contributed by atoms with Gasteiger partial charge in [-0.1, -0.05) is 13.2 Å². The minimum Gasteiger partial charge on any atom is -0.458 e. The van der Waals surface area contributed by atoms with Crippen molar-refractivity contribution in [1.82, 2.24) is 0 Å². The van der Waals surface area contributed by atoms with E-state index in [1.54, 1.807) is 0 Å². The van der Waals surface area contributed by atoms with Crippen molar-refractivity contribution in [2.75, 3.05) is 6.61 Å². The lowest BCUT2D eigenvalue weighted by Crippen LogP contribution is -1.98. The first-order valence-corrected chi connectivity index (χ1v) is 2.14. The Labute approximate surface area is 48.5 Å². The van der Waals surface area contributed by atoms with Crippen LogP contribution in [0.2, 0.25) is 0 Å². The van der Waals surface area contributed by atoms with Gasteiger partial charge in [0.05, 0.1) is 0 Å². The van der Waals surface area contributed by atoms with Crippen LogP contribution in [-0.2, 0) is 9.53 Å². The van der Waals surface area contributed by atoms with Crippen molar-refractivity contribution < 1.29 is 9.53 Å². The Morgan fingerprint density at radius 2 is 2.50 bits per heavy atom. The Morgan fingerprint density at radius 1 is 1.88 bits per heavy atom. The van der Waals surface area contributed by atoms with Gasteiger partial charge in [-0.05, 0) is 6.08 Å². The van der Waals surface area contributed by atoms with E-state index in [-0.39, 0.29) is 6.61 Å². The fourth-order valence-corrected chi connectivity index (χ4v) is 0.189. The topological polar surface area (TPSA) is 26.3 Å². The zero-order valence-electron chi connectivity index (χ0n) is 4.46. The highest BCUT2D eigenvalue weighted by atomic mass is 16.5. The molecule has 0 fully saturated rings. The molecule has 0 aliphatic rings. The highest BCUT2D eigenvalue weighted by molar-refractivity contribution is 5.81. The summed E-state index contributed by atoms with van der Waals surface area (Å²) in [4.78, 5) is 10.2. The van der Waals surface area contributed by atoms with Crippen LogP contribution in [0.1, 0.15) is 0 Å². The number of hydrogen-bond donors (Lipinski definition) is 0. The van der Waals surface area contributed by atoms with Gasteiger partial charge in [-0.3, -0.25) is 0 Å². The van der Waals surface area contributed by atoms with E-state index in [2.05, 4.69) is 11.3 Å². The van der Waals surface area contributed by atoms with E-state index in [9.17, 15) is 4.79 Å². The molecule has 1 radical (unpaired) electrons. The van der Waals surface area contributed by atoms with Crippen LogP contribution >= 0.6 is 0 Å². The van der Waals surface area contributed by atoms with Crippen molar-refractivity contribution in [3.8, 4) is 0 Å². The quantitative estimate of drug-likeness (QED) is 0.396. The Morgan fingerprint density at radius 3 is 2.88 bits per heavy atom. The average Bonchev–Trinajstić information content (AvgIpc) is 1.83. The number of esters is 1. The summed E-state index contributed by atoms with van der Waals surface area (Å²) in [6.07, 6.45) is 2.34. The van der Waals surface area contributed by atoms with Crippen LogP contribution < -0.4 is 0 Å². The molecule has 0 N–H and O–H groups in total. The first kappa shape index (κ1) is 6.95. The van der Waals surface area contributed by atoms with Crippen LogP contribution in [0, 0.1) is 6.58 Å². The molecule has 0 saturated heterocycles. The molecule has 2 nitrogen and oxygen atoms in total. The van der Waals surface area contributed by atoms with Crippen LogP contribution in [-0.4, -0.2) is 12.6 Å². The lowest BCUT2D eigenvalue weighted by molar-refractivity contribution is -0.136. The van der Waals surface area contributed by atoms with Crippen LogP contribution in [0.5, 0.6) is 0 Å². The molecule has 0 aromatic carbocycles. The van der Waals surface area contributed by atoms with Gasteiger partial charge in [-0.15, -0.1) is 0 Å². The normalized spacial score (nSPS) is 7.50. The fourth-order valence-electron chi connectivity index (χ4n) is 0.189. The molecule has 0 aliphatic carbocycles. The number of hydrogen-bond acceptors (Lipinski definition) is 2. The average molecular weight is 111 g/mol. The van der Waals surface area contributed by atoms with Gasteiger partial charge in [0.1, 0.15) is 6.61 Å². The van der Waals surface area contributed by atoms with Gasteiger partial charge in [0, 0.05) is 6.08 Å². The highest BCUT2D eigenvalue weighted by Crippen LogP contribution is 1.76. The van der Waals surface area contributed by atoms with Crippen LogP contribution in [0.15, 0.2) is 18.7 Å². The number of carbonyl (C=O) groups is 1. The minimum atomic E-state index is -0.452. The highest BCUT2D eigenvalue weighted by Gasteiger charge is 1.88. The Kier molecular flexibility index (Phi) is 3.58. The molecule has 0 aromatic rings. The lowest BCUT2D eigenvalue weighted by Gasteiger charge is -1.92. The van der Waals surface area contributed by atoms with Gasteiger partial charge in [0.25, 0.3) is 0 Å². The monoisotopic (exact) mass is 111 g/mol. The van der Waals surface area contributed by atoms with E-state index >= 15 is 0 Å². The largest absolute Gasteiger partial charge is 0.458 e. The summed E-state index contributed by atoms with van der Waals surface area (Å²) < 4.78 is 4.40. The summed E-state index contributed by atoms with van der Waals surface area (Å²) in [5, 5.41) is 0. The third-order valence-electron chi connectivity index (χ3n) is 0.488. The molecule has 0 amide bonds. The van der Waals surface area contributed by atoms with Gasteiger partial charge in [-0.25, -0.2) is 4.79 Å². The molecule has 0 heterocycles. The predicted molar refractivity (Wildman–Crippen MR) is 30.0 cm³/mol. The van der Waals surface area contributed by atoms with E-state index in [0.717, 1.165) is 6.08 Å². The Bertz CT molecular complexity index is 105. The third-order valence-corrected chi connectivity index (χ3v) is 0.488. The summed E-state index contributed by atoms with van der Waals surface area (Å²) in [5.74, 6) is -0.452. The maximum atomic E-state index is 10.2. The van der Waals surface area contributed by atoms with Gasteiger partial charge in [0.15, 0.2) is 0 Å². The van der Waals surface area contributed by atoms with Crippen molar-refractivity contribution in [2.45, 2.75) is 0 Å². The molecule has 0 aliphatic heterocycles. The van der Waals surface area contributed by atoms with E-state index in [4.69, 9.17) is 6.58 Å². The summed E-state index contributed by atoms with van der Waals surface area (Å²) in [5.41, 5.74) is 0. The van der Waals surface area contributed by atoms with Crippen molar-refractivity contribution in [1.29, 1.82) is 0 Å². The zero-order valence-corrected chi connectivity index (χ0v) is 4.46. The molecule has 2 heteroatoms. The van der Waals surface area contributed by atoms with Gasteiger partial charge < -0.3 is 4.74 Å². The standard InChI is InChI=1S/C6H7O2/c1-3-5-8-6(7)4-2/h1,3-4H,2,5H2. The van der Waals surface area contributed by atoms with E-state index < -0.39 is 5.97 Å². The van der Waals surface area contributed by atoms with Crippen molar-refractivity contribution in [2.24, 2.45) is 0 Å². The molecule has 43 valence electrons. The van der Waals surface area contributed by atoms with E-state index in [1.807, 2.05) is 0 Å². The first-order valence-electron chi connectivity index (χ1n) is 2.14.